The lowest BCUT2D eigenvalue weighted by molar-refractivity contribution is -0.114. The Morgan fingerprint density at radius 2 is 1.79 bits per heavy atom. The van der Waals surface area contributed by atoms with E-state index in [4.69, 9.17) is 4.74 Å². The molecule has 0 bridgehead atoms. The zero-order chi connectivity index (χ0) is 27.0. The molecule has 6 heteroatoms. The van der Waals surface area contributed by atoms with Gasteiger partial charge in [-0.15, -0.1) is 0 Å². The summed E-state index contributed by atoms with van der Waals surface area (Å²) in [6.07, 6.45) is 14.3. The number of piperidine rings is 1. The number of allylic oxidation sites excluding steroid dienone is 4. The summed E-state index contributed by atoms with van der Waals surface area (Å²) in [6.45, 7) is 4.51. The standard InChI is InChI=1S/C33H37N3O3/c1-34(17-14-26-8-3-2-4-9-26)33(38)31-13-6-5-12-30(31)27-15-18-35(19-16-27)20-21-36-22-23-39-32(25-36)28-10-7-11-29(37)24-28/h2-13,22-23,25,27H,14-21,24H2,1H3. The fourth-order valence-corrected chi connectivity index (χ4v) is 5.47. The van der Waals surface area contributed by atoms with E-state index in [9.17, 15) is 9.59 Å². The summed E-state index contributed by atoms with van der Waals surface area (Å²) in [5.41, 5.74) is 4.18. The van der Waals surface area contributed by atoms with E-state index in [-0.39, 0.29) is 11.7 Å². The van der Waals surface area contributed by atoms with Gasteiger partial charge in [-0.1, -0.05) is 60.7 Å². The second-order valence-electron chi connectivity index (χ2n) is 10.5. The van der Waals surface area contributed by atoms with Crippen LogP contribution in [0.25, 0.3) is 0 Å². The van der Waals surface area contributed by atoms with E-state index < -0.39 is 0 Å². The van der Waals surface area contributed by atoms with Crippen molar-refractivity contribution in [2.45, 2.75) is 31.6 Å². The van der Waals surface area contributed by atoms with E-state index in [1.165, 1.54) is 11.1 Å². The van der Waals surface area contributed by atoms with Gasteiger partial charge in [0.25, 0.3) is 5.91 Å². The van der Waals surface area contributed by atoms with Crippen molar-refractivity contribution in [2.24, 2.45) is 0 Å². The molecule has 0 spiro atoms. The second-order valence-corrected chi connectivity index (χ2v) is 10.5. The lowest BCUT2D eigenvalue weighted by atomic mass is 9.86. The lowest BCUT2D eigenvalue weighted by Gasteiger charge is -2.34. The molecule has 202 valence electrons. The van der Waals surface area contributed by atoms with Crippen LogP contribution < -0.4 is 0 Å². The number of likely N-dealkylation sites (tertiary alicyclic amines) is 1. The largest absolute Gasteiger partial charge is 0.462 e. The van der Waals surface area contributed by atoms with Crippen LogP contribution in [0.5, 0.6) is 0 Å². The van der Waals surface area contributed by atoms with Crippen molar-refractivity contribution in [3.63, 3.8) is 0 Å². The smallest absolute Gasteiger partial charge is 0.253 e. The first-order valence-corrected chi connectivity index (χ1v) is 13.9. The Bertz CT molecular complexity index is 1290. The molecular weight excluding hydrogens is 486 g/mol. The number of nitrogens with zero attached hydrogens (tertiary/aromatic N) is 3. The van der Waals surface area contributed by atoms with Crippen LogP contribution in [0, 0.1) is 0 Å². The van der Waals surface area contributed by atoms with Crippen LogP contribution in [0.2, 0.25) is 0 Å². The number of benzene rings is 2. The first kappa shape index (κ1) is 26.7. The average molecular weight is 524 g/mol. The molecule has 2 aromatic rings. The minimum absolute atomic E-state index is 0.100. The summed E-state index contributed by atoms with van der Waals surface area (Å²) in [7, 11) is 1.91. The molecule has 39 heavy (non-hydrogen) atoms. The third-order valence-corrected chi connectivity index (χ3v) is 7.81. The number of likely N-dealkylation sites (N-methyl/N-ethyl adjacent to an activating group) is 1. The highest BCUT2D eigenvalue weighted by Gasteiger charge is 2.25. The Morgan fingerprint density at radius 3 is 2.59 bits per heavy atom. The van der Waals surface area contributed by atoms with Crippen molar-refractivity contribution < 1.29 is 14.3 Å². The molecule has 3 aliphatic rings. The topological polar surface area (TPSA) is 53.1 Å². The molecule has 6 nitrogen and oxygen atoms in total. The van der Waals surface area contributed by atoms with Gasteiger partial charge < -0.3 is 19.4 Å². The molecule has 2 heterocycles. The Balaban J connectivity index is 1.13. The Labute approximate surface area is 231 Å². The van der Waals surface area contributed by atoms with E-state index in [1.54, 1.807) is 18.4 Å². The normalized spacial score (nSPS) is 18.0. The van der Waals surface area contributed by atoms with Crippen LogP contribution in [0.15, 0.2) is 103 Å². The summed E-state index contributed by atoms with van der Waals surface area (Å²) in [6, 6.07) is 18.5. The number of ether oxygens (including phenoxy) is 1. The Hall–Kier alpha value is -3.90. The van der Waals surface area contributed by atoms with Gasteiger partial charge in [0.15, 0.2) is 5.78 Å². The van der Waals surface area contributed by atoms with Gasteiger partial charge in [-0.3, -0.25) is 9.59 Å². The van der Waals surface area contributed by atoms with Crippen LogP contribution in [0.1, 0.15) is 46.7 Å². The van der Waals surface area contributed by atoms with Crippen molar-refractivity contribution >= 4 is 11.7 Å². The average Bonchev–Trinajstić information content (AvgIpc) is 2.99. The van der Waals surface area contributed by atoms with E-state index >= 15 is 0 Å². The van der Waals surface area contributed by atoms with Gasteiger partial charge in [-0.2, -0.15) is 0 Å². The minimum Gasteiger partial charge on any atom is -0.462 e. The van der Waals surface area contributed by atoms with Gasteiger partial charge in [-0.25, -0.2) is 0 Å². The SMILES string of the molecule is CN(CCc1ccccc1)C(=O)c1ccccc1C1CCN(CCN2C=COC(C3=CC=CC(=O)C3)=C2)CC1. The number of carbonyl (C=O) groups is 2. The van der Waals surface area contributed by atoms with Crippen molar-refractivity contribution in [2.75, 3.05) is 39.8 Å². The van der Waals surface area contributed by atoms with Crippen molar-refractivity contribution in [3.8, 4) is 0 Å². The number of ketones is 1. The molecule has 2 aromatic carbocycles. The molecule has 1 fully saturated rings. The molecule has 1 amide bonds. The van der Waals surface area contributed by atoms with E-state index in [0.717, 1.165) is 62.3 Å². The molecule has 1 aliphatic carbocycles. The Kier molecular flexibility index (Phi) is 8.74. The third-order valence-electron chi connectivity index (χ3n) is 7.81. The minimum atomic E-state index is 0.100. The van der Waals surface area contributed by atoms with Gasteiger partial charge in [0, 0.05) is 56.6 Å². The zero-order valence-electron chi connectivity index (χ0n) is 22.7. The molecule has 0 saturated carbocycles. The summed E-state index contributed by atoms with van der Waals surface area (Å²) in [5, 5.41) is 0. The maximum Gasteiger partial charge on any atom is 0.253 e. The number of hydrogen-bond acceptors (Lipinski definition) is 5. The number of rotatable bonds is 9. The molecule has 0 unspecified atom stereocenters. The van der Waals surface area contributed by atoms with Crippen LogP contribution in [-0.2, 0) is 16.0 Å². The van der Waals surface area contributed by atoms with Crippen LogP contribution in [0.4, 0.5) is 0 Å². The molecule has 1 saturated heterocycles. The van der Waals surface area contributed by atoms with Crippen LogP contribution >= 0.6 is 0 Å². The molecule has 5 rings (SSSR count). The van der Waals surface area contributed by atoms with Crippen LogP contribution in [0.3, 0.4) is 0 Å². The number of hydrogen-bond donors (Lipinski definition) is 0. The monoisotopic (exact) mass is 523 g/mol. The predicted molar refractivity (Wildman–Crippen MR) is 154 cm³/mol. The van der Waals surface area contributed by atoms with Crippen molar-refractivity contribution in [1.82, 2.24) is 14.7 Å². The summed E-state index contributed by atoms with van der Waals surface area (Å²) in [5.74, 6) is 1.34. The molecule has 2 aliphatic heterocycles. The maximum atomic E-state index is 13.4. The third kappa shape index (κ3) is 6.95. The van der Waals surface area contributed by atoms with Crippen LogP contribution in [-0.4, -0.2) is 66.2 Å². The zero-order valence-corrected chi connectivity index (χ0v) is 22.7. The summed E-state index contributed by atoms with van der Waals surface area (Å²) >= 11 is 0. The number of carbonyl (C=O) groups excluding carboxylic acids is 2. The van der Waals surface area contributed by atoms with Gasteiger partial charge in [0.2, 0.25) is 0 Å². The highest BCUT2D eigenvalue weighted by molar-refractivity contribution is 5.95. The van der Waals surface area contributed by atoms with Gasteiger partial charge >= 0.3 is 0 Å². The predicted octanol–water partition coefficient (Wildman–Crippen LogP) is 5.28. The van der Waals surface area contributed by atoms with Gasteiger partial charge in [0.05, 0.1) is 0 Å². The van der Waals surface area contributed by atoms with E-state index in [2.05, 4.69) is 34.1 Å². The van der Waals surface area contributed by atoms with E-state index in [0.29, 0.717) is 18.9 Å². The molecule has 0 radical (unpaired) electrons. The molecule has 0 atom stereocenters. The molecule has 0 N–H and O–H groups in total. The quantitative estimate of drug-likeness (QED) is 0.448. The first-order chi connectivity index (χ1) is 19.1. The van der Waals surface area contributed by atoms with Gasteiger partial charge in [-0.05, 0) is 61.5 Å². The highest BCUT2D eigenvalue weighted by Crippen LogP contribution is 2.31. The van der Waals surface area contributed by atoms with E-state index in [1.807, 2.05) is 60.8 Å². The summed E-state index contributed by atoms with van der Waals surface area (Å²) < 4.78 is 5.68. The number of amides is 1. The fraction of sp³-hybridized carbons (Fsp3) is 0.333. The van der Waals surface area contributed by atoms with Crippen molar-refractivity contribution in [3.05, 3.63) is 120 Å². The molecular formula is C33H37N3O3. The summed E-state index contributed by atoms with van der Waals surface area (Å²) in [4.78, 5) is 31.6. The lowest BCUT2D eigenvalue weighted by Crippen LogP contribution is -2.38. The maximum absolute atomic E-state index is 13.4. The Morgan fingerprint density at radius 1 is 1.03 bits per heavy atom. The fourth-order valence-electron chi connectivity index (χ4n) is 5.47. The molecule has 0 aromatic heterocycles. The van der Waals surface area contributed by atoms with Gasteiger partial charge in [0.1, 0.15) is 12.0 Å². The highest BCUT2D eigenvalue weighted by atomic mass is 16.5. The second kappa shape index (κ2) is 12.8. The first-order valence-electron chi connectivity index (χ1n) is 13.9. The van der Waals surface area contributed by atoms with Crippen molar-refractivity contribution in [1.29, 1.82) is 0 Å².